The molecule has 2 aromatic heterocycles. The minimum Gasteiger partial charge on any atom is -0.311 e. The normalized spacial score (nSPS) is 14.1. The summed E-state index contributed by atoms with van der Waals surface area (Å²) in [5.41, 5.74) is 5.59. The molecule has 4 nitrogen and oxygen atoms in total. The van der Waals surface area contributed by atoms with Crippen LogP contribution in [0.4, 0.5) is 0 Å². The number of pyridine rings is 1. The number of hydrogen-bond donors (Lipinski definition) is 1. The molecule has 0 spiro atoms. The van der Waals surface area contributed by atoms with Gasteiger partial charge in [-0.1, -0.05) is 6.07 Å². The highest BCUT2D eigenvalue weighted by Gasteiger charge is 2.15. The van der Waals surface area contributed by atoms with Gasteiger partial charge in [0.05, 0.1) is 11.2 Å². The van der Waals surface area contributed by atoms with Gasteiger partial charge in [0.2, 0.25) is 0 Å². The third-order valence-electron chi connectivity index (χ3n) is 4.00. The SMILES string of the molecule is Cc1nc(-c2ccc3ncccc3c2)nc2c1CCNC2. The number of rotatable bonds is 1. The third-order valence-corrected chi connectivity index (χ3v) is 4.00. The van der Waals surface area contributed by atoms with Crippen molar-refractivity contribution < 1.29 is 0 Å². The van der Waals surface area contributed by atoms with E-state index in [-0.39, 0.29) is 0 Å². The molecule has 0 saturated heterocycles. The van der Waals surface area contributed by atoms with Crippen molar-refractivity contribution in [1.82, 2.24) is 20.3 Å². The maximum absolute atomic E-state index is 4.76. The molecule has 0 atom stereocenters. The lowest BCUT2D eigenvalue weighted by Crippen LogP contribution is -2.26. The van der Waals surface area contributed by atoms with E-state index in [0.29, 0.717) is 0 Å². The van der Waals surface area contributed by atoms with E-state index >= 15 is 0 Å². The zero-order valence-corrected chi connectivity index (χ0v) is 11.9. The second-order valence-corrected chi connectivity index (χ2v) is 5.40. The molecule has 3 heterocycles. The molecular formula is C17H16N4. The van der Waals surface area contributed by atoms with Crippen LogP contribution >= 0.6 is 0 Å². The van der Waals surface area contributed by atoms with E-state index in [2.05, 4.69) is 29.4 Å². The fraction of sp³-hybridized carbons (Fsp3) is 0.235. The predicted molar refractivity (Wildman–Crippen MR) is 82.9 cm³/mol. The molecule has 1 N–H and O–H groups in total. The molecule has 21 heavy (non-hydrogen) atoms. The molecule has 1 aliphatic rings. The maximum atomic E-state index is 4.76. The van der Waals surface area contributed by atoms with Gasteiger partial charge >= 0.3 is 0 Å². The number of hydrogen-bond acceptors (Lipinski definition) is 4. The second-order valence-electron chi connectivity index (χ2n) is 5.40. The second kappa shape index (κ2) is 4.90. The molecule has 1 aliphatic heterocycles. The Kier molecular flexibility index (Phi) is 2.89. The molecular weight excluding hydrogens is 260 g/mol. The van der Waals surface area contributed by atoms with Crippen molar-refractivity contribution in [2.24, 2.45) is 0 Å². The van der Waals surface area contributed by atoms with E-state index in [9.17, 15) is 0 Å². The summed E-state index contributed by atoms with van der Waals surface area (Å²) in [6.45, 7) is 3.93. The van der Waals surface area contributed by atoms with E-state index in [1.807, 2.05) is 24.4 Å². The van der Waals surface area contributed by atoms with Crippen LogP contribution < -0.4 is 5.32 Å². The number of nitrogens with one attached hydrogen (secondary N) is 1. The van der Waals surface area contributed by atoms with Gasteiger partial charge in [-0.25, -0.2) is 9.97 Å². The maximum Gasteiger partial charge on any atom is 0.159 e. The fourth-order valence-corrected chi connectivity index (χ4v) is 2.89. The molecule has 104 valence electrons. The van der Waals surface area contributed by atoms with Gasteiger partial charge in [0.1, 0.15) is 0 Å². The summed E-state index contributed by atoms with van der Waals surface area (Å²) >= 11 is 0. The third kappa shape index (κ3) is 2.17. The molecule has 0 bridgehead atoms. The average molecular weight is 276 g/mol. The first kappa shape index (κ1) is 12.4. The van der Waals surface area contributed by atoms with Crippen molar-refractivity contribution in [2.45, 2.75) is 19.9 Å². The summed E-state index contributed by atoms with van der Waals surface area (Å²) in [5, 5.41) is 4.49. The molecule has 4 heteroatoms. The van der Waals surface area contributed by atoms with Gasteiger partial charge in [-0.2, -0.15) is 0 Å². The predicted octanol–water partition coefficient (Wildman–Crippen LogP) is 2.65. The minimum atomic E-state index is 0.806. The topological polar surface area (TPSA) is 50.7 Å². The smallest absolute Gasteiger partial charge is 0.159 e. The van der Waals surface area contributed by atoms with Gasteiger partial charge in [-0.05, 0) is 49.7 Å². The monoisotopic (exact) mass is 276 g/mol. The van der Waals surface area contributed by atoms with Gasteiger partial charge in [-0.15, -0.1) is 0 Å². The van der Waals surface area contributed by atoms with Crippen molar-refractivity contribution in [3.63, 3.8) is 0 Å². The van der Waals surface area contributed by atoms with Gasteiger partial charge in [0, 0.05) is 29.4 Å². The molecule has 0 radical (unpaired) electrons. The number of fused-ring (bicyclic) bond motifs is 2. The molecule has 0 unspecified atom stereocenters. The van der Waals surface area contributed by atoms with E-state index in [1.54, 1.807) is 0 Å². The Morgan fingerprint density at radius 1 is 1.14 bits per heavy atom. The van der Waals surface area contributed by atoms with E-state index in [4.69, 9.17) is 9.97 Å². The molecule has 0 amide bonds. The lowest BCUT2D eigenvalue weighted by atomic mass is 10.0. The van der Waals surface area contributed by atoms with Crippen molar-refractivity contribution in [3.05, 3.63) is 53.5 Å². The number of aromatic nitrogens is 3. The summed E-state index contributed by atoms with van der Waals surface area (Å²) < 4.78 is 0. The first-order valence-corrected chi connectivity index (χ1v) is 7.23. The van der Waals surface area contributed by atoms with Crippen molar-refractivity contribution >= 4 is 10.9 Å². The van der Waals surface area contributed by atoms with Crippen LogP contribution in [0.25, 0.3) is 22.3 Å². The molecule has 3 aromatic rings. The Morgan fingerprint density at radius 3 is 3.05 bits per heavy atom. The molecule has 4 rings (SSSR count). The summed E-state index contributed by atoms with van der Waals surface area (Å²) in [7, 11) is 0. The van der Waals surface area contributed by atoms with Crippen LogP contribution in [0.5, 0.6) is 0 Å². The number of benzene rings is 1. The summed E-state index contributed by atoms with van der Waals surface area (Å²) in [6, 6.07) is 10.2. The lowest BCUT2D eigenvalue weighted by Gasteiger charge is -2.18. The Bertz CT molecular complexity index is 826. The van der Waals surface area contributed by atoms with Gasteiger partial charge < -0.3 is 5.32 Å². The zero-order valence-electron chi connectivity index (χ0n) is 11.9. The molecule has 1 aromatic carbocycles. The summed E-state index contributed by atoms with van der Waals surface area (Å²) in [6.07, 6.45) is 2.83. The number of nitrogens with zero attached hydrogens (tertiary/aromatic N) is 3. The van der Waals surface area contributed by atoms with Crippen LogP contribution in [-0.2, 0) is 13.0 Å². The van der Waals surface area contributed by atoms with Gasteiger partial charge in [0.25, 0.3) is 0 Å². The van der Waals surface area contributed by atoms with Crippen LogP contribution in [0.3, 0.4) is 0 Å². The first-order valence-electron chi connectivity index (χ1n) is 7.23. The van der Waals surface area contributed by atoms with Crippen molar-refractivity contribution in [3.8, 4) is 11.4 Å². The van der Waals surface area contributed by atoms with Crippen LogP contribution in [0.1, 0.15) is 17.0 Å². The number of aryl methyl sites for hydroxylation is 1. The van der Waals surface area contributed by atoms with Crippen LogP contribution in [0.2, 0.25) is 0 Å². The largest absolute Gasteiger partial charge is 0.311 e. The quantitative estimate of drug-likeness (QED) is 0.742. The van der Waals surface area contributed by atoms with Crippen LogP contribution in [0.15, 0.2) is 36.5 Å². The minimum absolute atomic E-state index is 0.806. The molecule has 0 saturated carbocycles. The average Bonchev–Trinajstić information content (AvgIpc) is 2.54. The molecule has 0 fully saturated rings. The molecule has 0 aliphatic carbocycles. The van der Waals surface area contributed by atoms with Crippen LogP contribution in [-0.4, -0.2) is 21.5 Å². The zero-order chi connectivity index (χ0) is 14.2. The highest BCUT2D eigenvalue weighted by atomic mass is 15.0. The van der Waals surface area contributed by atoms with Crippen LogP contribution in [0, 0.1) is 6.92 Å². The van der Waals surface area contributed by atoms with Gasteiger partial charge in [-0.3, -0.25) is 4.98 Å². The first-order chi connectivity index (χ1) is 10.3. The van der Waals surface area contributed by atoms with Crippen molar-refractivity contribution in [1.29, 1.82) is 0 Å². The van der Waals surface area contributed by atoms with Crippen molar-refractivity contribution in [2.75, 3.05) is 6.54 Å². The standard InChI is InChI=1S/C17H16N4/c1-11-14-6-8-18-10-16(14)21-17(20-11)13-4-5-15-12(9-13)3-2-7-19-15/h2-5,7,9,18H,6,8,10H2,1H3. The van der Waals surface area contributed by atoms with E-state index in [1.165, 1.54) is 5.56 Å². The summed E-state index contributed by atoms with van der Waals surface area (Å²) in [5.74, 6) is 0.806. The highest BCUT2D eigenvalue weighted by molar-refractivity contribution is 5.83. The Balaban J connectivity index is 1.86. The highest BCUT2D eigenvalue weighted by Crippen LogP contribution is 2.24. The van der Waals surface area contributed by atoms with E-state index < -0.39 is 0 Å². The lowest BCUT2D eigenvalue weighted by molar-refractivity contribution is 0.620. The Morgan fingerprint density at radius 2 is 2.10 bits per heavy atom. The van der Waals surface area contributed by atoms with E-state index in [0.717, 1.165) is 53.2 Å². The summed E-state index contributed by atoms with van der Waals surface area (Å²) in [4.78, 5) is 13.8. The fourth-order valence-electron chi connectivity index (χ4n) is 2.89. The Hall–Kier alpha value is -2.33. The van der Waals surface area contributed by atoms with Gasteiger partial charge in [0.15, 0.2) is 5.82 Å². The Labute approximate surface area is 123 Å².